The first-order valence-corrected chi connectivity index (χ1v) is 5.66. The van der Waals surface area contributed by atoms with Crippen molar-refractivity contribution in [1.82, 2.24) is 10.3 Å². The van der Waals surface area contributed by atoms with E-state index in [9.17, 15) is 9.90 Å². The number of Topliss-reactive ketones (excluding diaryl/α,β-unsaturated/α-hetero) is 1. The number of H-pyrrole nitrogens is 1. The number of aliphatic hydroxyl groups excluding tert-OH is 1. The molecule has 0 aliphatic heterocycles. The molecule has 0 fully saturated rings. The van der Waals surface area contributed by atoms with E-state index in [0.717, 1.165) is 0 Å². The second kappa shape index (κ2) is 6.45. The van der Waals surface area contributed by atoms with Crippen LogP contribution in [0.2, 0.25) is 0 Å². The van der Waals surface area contributed by atoms with Gasteiger partial charge in [-0.1, -0.05) is 13.8 Å². The largest absolute Gasteiger partial charge is 0.392 e. The number of carbonyl (C=O) groups excluding carboxylic acids is 1. The Bertz CT molecular complexity index is 307. The van der Waals surface area contributed by atoms with Crippen molar-refractivity contribution in [2.24, 2.45) is 5.92 Å². The third kappa shape index (κ3) is 4.16. The van der Waals surface area contributed by atoms with Crippen molar-refractivity contribution in [2.75, 3.05) is 13.1 Å². The highest BCUT2D eigenvalue weighted by molar-refractivity contribution is 5.94. The molecule has 1 heterocycles. The van der Waals surface area contributed by atoms with Crippen LogP contribution in [-0.2, 0) is 0 Å². The van der Waals surface area contributed by atoms with Gasteiger partial charge in [-0.25, -0.2) is 0 Å². The van der Waals surface area contributed by atoms with Crippen LogP contribution in [0.5, 0.6) is 0 Å². The molecule has 0 spiro atoms. The van der Waals surface area contributed by atoms with Gasteiger partial charge in [-0.2, -0.15) is 0 Å². The normalized spacial score (nSPS) is 13.0. The minimum atomic E-state index is -0.347. The Hall–Kier alpha value is -1.13. The van der Waals surface area contributed by atoms with E-state index in [0.29, 0.717) is 25.2 Å². The van der Waals surface area contributed by atoms with Crippen molar-refractivity contribution in [1.29, 1.82) is 0 Å². The molecule has 0 radical (unpaired) electrons. The summed E-state index contributed by atoms with van der Waals surface area (Å²) in [5.41, 5.74) is 0.645. The lowest BCUT2D eigenvalue weighted by molar-refractivity contribution is 0.0969. The van der Waals surface area contributed by atoms with E-state index in [1.807, 2.05) is 19.9 Å². The van der Waals surface area contributed by atoms with Crippen LogP contribution in [-0.4, -0.2) is 35.1 Å². The summed E-state index contributed by atoms with van der Waals surface area (Å²) < 4.78 is 0. The van der Waals surface area contributed by atoms with Gasteiger partial charge in [0.15, 0.2) is 5.78 Å². The fourth-order valence-electron chi connectivity index (χ4n) is 1.33. The maximum absolute atomic E-state index is 11.6. The Labute approximate surface area is 96.1 Å². The number of nitrogens with one attached hydrogen (secondary N) is 2. The predicted octanol–water partition coefficient (Wildman–Crippen LogP) is 1.19. The smallest absolute Gasteiger partial charge is 0.180 e. The van der Waals surface area contributed by atoms with Crippen LogP contribution in [0.1, 0.15) is 30.8 Å². The van der Waals surface area contributed by atoms with E-state index < -0.39 is 0 Å². The van der Waals surface area contributed by atoms with Crippen LogP contribution in [0.4, 0.5) is 0 Å². The standard InChI is InChI=1S/C12H20N2O2/c1-9(2)12(16)8-13-7-5-11(15)10-4-3-6-14-10/h3-4,6,9,12-14,16H,5,7-8H2,1-2H3. The first-order valence-electron chi connectivity index (χ1n) is 5.66. The molecule has 4 heteroatoms. The van der Waals surface area contributed by atoms with Gasteiger partial charge in [0.05, 0.1) is 11.8 Å². The van der Waals surface area contributed by atoms with E-state index in [1.54, 1.807) is 12.3 Å². The molecular formula is C12H20N2O2. The maximum atomic E-state index is 11.6. The lowest BCUT2D eigenvalue weighted by Crippen LogP contribution is -2.31. The van der Waals surface area contributed by atoms with Crippen LogP contribution < -0.4 is 5.32 Å². The lowest BCUT2D eigenvalue weighted by Gasteiger charge is -2.14. The highest BCUT2D eigenvalue weighted by Crippen LogP contribution is 2.00. The molecule has 0 saturated heterocycles. The summed E-state index contributed by atoms with van der Waals surface area (Å²) >= 11 is 0. The third-order valence-corrected chi connectivity index (χ3v) is 2.55. The third-order valence-electron chi connectivity index (χ3n) is 2.55. The van der Waals surface area contributed by atoms with Crippen molar-refractivity contribution in [3.8, 4) is 0 Å². The summed E-state index contributed by atoms with van der Waals surface area (Å²) in [5.74, 6) is 0.336. The van der Waals surface area contributed by atoms with Gasteiger partial charge in [0.25, 0.3) is 0 Å². The van der Waals surface area contributed by atoms with Gasteiger partial charge in [0.2, 0.25) is 0 Å². The summed E-state index contributed by atoms with van der Waals surface area (Å²) in [4.78, 5) is 14.4. The Balaban J connectivity index is 2.14. The topological polar surface area (TPSA) is 65.1 Å². The zero-order valence-electron chi connectivity index (χ0n) is 9.86. The number of rotatable bonds is 7. The molecule has 0 saturated carbocycles. The average molecular weight is 224 g/mol. The van der Waals surface area contributed by atoms with Gasteiger partial charge in [-0.15, -0.1) is 0 Å². The molecule has 0 bridgehead atoms. The summed E-state index contributed by atoms with van der Waals surface area (Å²) in [6, 6.07) is 3.58. The molecule has 1 atom stereocenters. The van der Waals surface area contributed by atoms with Crippen LogP contribution in [0.3, 0.4) is 0 Å². The molecule has 1 aromatic heterocycles. The molecule has 0 aromatic carbocycles. The highest BCUT2D eigenvalue weighted by atomic mass is 16.3. The van der Waals surface area contributed by atoms with E-state index >= 15 is 0 Å². The van der Waals surface area contributed by atoms with E-state index in [-0.39, 0.29) is 17.8 Å². The number of ketones is 1. The molecule has 0 amide bonds. The number of aromatic amines is 1. The zero-order valence-corrected chi connectivity index (χ0v) is 9.86. The van der Waals surface area contributed by atoms with E-state index in [2.05, 4.69) is 10.3 Å². The van der Waals surface area contributed by atoms with E-state index in [4.69, 9.17) is 0 Å². The van der Waals surface area contributed by atoms with Crippen molar-refractivity contribution >= 4 is 5.78 Å². The Morgan fingerprint density at radius 1 is 1.56 bits per heavy atom. The quantitative estimate of drug-likeness (QED) is 0.481. The monoisotopic (exact) mass is 224 g/mol. The van der Waals surface area contributed by atoms with Gasteiger partial charge < -0.3 is 15.4 Å². The number of hydrogen-bond donors (Lipinski definition) is 3. The fourth-order valence-corrected chi connectivity index (χ4v) is 1.33. The first-order chi connectivity index (χ1) is 7.61. The number of aromatic nitrogens is 1. The van der Waals surface area contributed by atoms with Crippen molar-refractivity contribution < 1.29 is 9.90 Å². The van der Waals surface area contributed by atoms with E-state index in [1.165, 1.54) is 0 Å². The summed E-state index contributed by atoms with van der Waals surface area (Å²) in [6.07, 6.45) is 1.84. The number of aliphatic hydroxyl groups is 1. The summed E-state index contributed by atoms with van der Waals surface area (Å²) in [5, 5.41) is 12.6. The molecule has 16 heavy (non-hydrogen) atoms. The molecule has 0 aliphatic carbocycles. The zero-order chi connectivity index (χ0) is 12.0. The second-order valence-corrected chi connectivity index (χ2v) is 4.27. The summed E-state index contributed by atoms with van der Waals surface area (Å²) in [7, 11) is 0. The van der Waals surface area contributed by atoms with Crippen LogP contribution >= 0.6 is 0 Å². The summed E-state index contributed by atoms with van der Waals surface area (Å²) in [6.45, 7) is 5.07. The van der Waals surface area contributed by atoms with Gasteiger partial charge in [0.1, 0.15) is 0 Å². The molecule has 90 valence electrons. The van der Waals surface area contributed by atoms with Crippen molar-refractivity contribution in [3.63, 3.8) is 0 Å². The first kappa shape index (κ1) is 12.9. The van der Waals surface area contributed by atoms with Crippen molar-refractivity contribution in [3.05, 3.63) is 24.0 Å². The number of carbonyl (C=O) groups is 1. The maximum Gasteiger partial charge on any atom is 0.180 e. The minimum Gasteiger partial charge on any atom is -0.392 e. The molecule has 0 aliphatic rings. The van der Waals surface area contributed by atoms with Gasteiger partial charge in [-0.3, -0.25) is 4.79 Å². The Morgan fingerprint density at radius 3 is 2.88 bits per heavy atom. The predicted molar refractivity (Wildman–Crippen MR) is 63.5 cm³/mol. The molecule has 1 unspecified atom stereocenters. The van der Waals surface area contributed by atoms with Crippen LogP contribution in [0.15, 0.2) is 18.3 Å². The molecule has 4 nitrogen and oxygen atoms in total. The van der Waals surface area contributed by atoms with Crippen molar-refractivity contribution in [2.45, 2.75) is 26.4 Å². The SMILES string of the molecule is CC(C)C(O)CNCCC(=O)c1ccc[nH]1. The Morgan fingerprint density at radius 2 is 2.31 bits per heavy atom. The fraction of sp³-hybridized carbons (Fsp3) is 0.583. The number of hydrogen-bond acceptors (Lipinski definition) is 3. The lowest BCUT2D eigenvalue weighted by atomic mass is 10.1. The average Bonchev–Trinajstić information content (AvgIpc) is 2.76. The van der Waals surface area contributed by atoms with Gasteiger partial charge in [0, 0.05) is 25.7 Å². The van der Waals surface area contributed by atoms with Gasteiger partial charge >= 0.3 is 0 Å². The van der Waals surface area contributed by atoms with Crippen LogP contribution in [0.25, 0.3) is 0 Å². The van der Waals surface area contributed by atoms with Gasteiger partial charge in [-0.05, 0) is 18.1 Å². The Kier molecular flexibility index (Phi) is 5.22. The molecule has 1 aromatic rings. The molecule has 3 N–H and O–H groups in total. The molecule has 1 rings (SSSR count). The molecular weight excluding hydrogens is 204 g/mol. The minimum absolute atomic E-state index is 0.0940. The second-order valence-electron chi connectivity index (χ2n) is 4.27. The highest BCUT2D eigenvalue weighted by Gasteiger charge is 2.09. The van der Waals surface area contributed by atoms with Crippen LogP contribution in [0, 0.1) is 5.92 Å².